The third-order valence-corrected chi connectivity index (χ3v) is 7.67. The van der Waals surface area contributed by atoms with E-state index in [1.165, 1.54) is 11.6 Å². The minimum Gasteiger partial charge on any atom is -0.390 e. The fourth-order valence-electron chi connectivity index (χ4n) is 5.82. The second-order valence-corrected chi connectivity index (χ2v) is 9.51. The van der Waals surface area contributed by atoms with Crippen LogP contribution in [0.2, 0.25) is 0 Å². The van der Waals surface area contributed by atoms with Crippen molar-refractivity contribution in [1.29, 1.82) is 0 Å². The summed E-state index contributed by atoms with van der Waals surface area (Å²) >= 11 is 0. The van der Waals surface area contributed by atoms with E-state index in [9.17, 15) is 9.50 Å². The number of aryl methyl sites for hydroxylation is 1. The molecule has 3 aromatic heterocycles. The predicted octanol–water partition coefficient (Wildman–Crippen LogP) is 3.57. The number of benzene rings is 1. The monoisotopic (exact) mass is 458 g/mol. The zero-order chi connectivity index (χ0) is 23.4. The Balaban J connectivity index is 1.31. The van der Waals surface area contributed by atoms with Crippen molar-refractivity contribution in [2.24, 2.45) is 11.1 Å². The van der Waals surface area contributed by atoms with Gasteiger partial charge in [0.05, 0.1) is 29.9 Å². The molecule has 1 spiro atoms. The number of aliphatic hydroxyl groups excluding tert-OH is 1. The van der Waals surface area contributed by atoms with Crippen molar-refractivity contribution in [2.75, 3.05) is 18.0 Å². The Hall–Kier alpha value is -3.36. The molecule has 1 aromatic carbocycles. The van der Waals surface area contributed by atoms with Crippen LogP contribution in [0.25, 0.3) is 16.8 Å². The zero-order valence-electron chi connectivity index (χ0n) is 19.1. The van der Waals surface area contributed by atoms with Crippen molar-refractivity contribution < 1.29 is 9.50 Å². The van der Waals surface area contributed by atoms with E-state index in [-0.39, 0.29) is 23.9 Å². The summed E-state index contributed by atoms with van der Waals surface area (Å²) in [6.45, 7) is 3.51. The third-order valence-electron chi connectivity index (χ3n) is 7.67. The highest BCUT2D eigenvalue weighted by Crippen LogP contribution is 2.51. The topological polar surface area (TPSA) is 92.6 Å². The maximum Gasteiger partial charge on any atom is 0.155 e. The first kappa shape index (κ1) is 21.2. The molecule has 7 nitrogen and oxygen atoms in total. The van der Waals surface area contributed by atoms with E-state index >= 15 is 0 Å². The van der Waals surface area contributed by atoms with Gasteiger partial charge in [0, 0.05) is 30.9 Å². The van der Waals surface area contributed by atoms with Crippen LogP contribution in [0.3, 0.4) is 0 Å². The molecule has 174 valence electrons. The Labute approximate surface area is 197 Å². The van der Waals surface area contributed by atoms with E-state index in [4.69, 9.17) is 10.7 Å². The minimum atomic E-state index is -0.287. The Kier molecular flexibility index (Phi) is 4.89. The summed E-state index contributed by atoms with van der Waals surface area (Å²) in [6, 6.07) is 10.6. The number of nitrogens with two attached hydrogens (primary N) is 1. The van der Waals surface area contributed by atoms with Gasteiger partial charge in [0.15, 0.2) is 5.82 Å². The summed E-state index contributed by atoms with van der Waals surface area (Å²) in [5.41, 5.74) is 12.5. The van der Waals surface area contributed by atoms with Crippen molar-refractivity contribution in [3.05, 3.63) is 77.1 Å². The number of nitrogens with zero attached hydrogens (tertiary/aromatic N) is 5. The van der Waals surface area contributed by atoms with E-state index < -0.39 is 0 Å². The molecule has 6 rings (SSSR count). The molecule has 34 heavy (non-hydrogen) atoms. The molecule has 3 N–H and O–H groups in total. The molecule has 1 saturated heterocycles. The van der Waals surface area contributed by atoms with Crippen LogP contribution in [0.15, 0.2) is 48.8 Å². The quantitative estimate of drug-likeness (QED) is 0.488. The van der Waals surface area contributed by atoms with Crippen LogP contribution in [0.1, 0.15) is 41.4 Å². The summed E-state index contributed by atoms with van der Waals surface area (Å²) in [5.74, 6) is 0.587. The van der Waals surface area contributed by atoms with Gasteiger partial charge in [0.2, 0.25) is 0 Å². The molecule has 0 unspecified atom stereocenters. The first-order valence-electron chi connectivity index (χ1n) is 11.7. The van der Waals surface area contributed by atoms with Crippen molar-refractivity contribution in [1.82, 2.24) is 19.6 Å². The smallest absolute Gasteiger partial charge is 0.155 e. The molecule has 0 radical (unpaired) electrons. The number of aliphatic hydroxyl groups is 1. The minimum absolute atomic E-state index is 0.00667. The van der Waals surface area contributed by atoms with Gasteiger partial charge in [-0.25, -0.2) is 13.9 Å². The largest absolute Gasteiger partial charge is 0.390 e. The number of halogens is 1. The Bertz CT molecular complexity index is 1390. The van der Waals surface area contributed by atoms with E-state index in [0.717, 1.165) is 54.9 Å². The lowest BCUT2D eigenvalue weighted by atomic mass is 9.73. The van der Waals surface area contributed by atoms with Crippen LogP contribution in [0.4, 0.5) is 10.2 Å². The number of hydrogen-bond donors (Lipinski definition) is 2. The molecule has 1 aliphatic carbocycles. The van der Waals surface area contributed by atoms with Crippen molar-refractivity contribution in [2.45, 2.75) is 38.8 Å². The number of hydrogen-bond acceptors (Lipinski definition) is 6. The van der Waals surface area contributed by atoms with Gasteiger partial charge in [0.25, 0.3) is 0 Å². The first-order valence-corrected chi connectivity index (χ1v) is 11.7. The number of pyridine rings is 1. The van der Waals surface area contributed by atoms with Gasteiger partial charge >= 0.3 is 0 Å². The second kappa shape index (κ2) is 7.85. The zero-order valence-corrected chi connectivity index (χ0v) is 19.1. The van der Waals surface area contributed by atoms with Gasteiger partial charge in [-0.05, 0) is 67.0 Å². The summed E-state index contributed by atoms with van der Waals surface area (Å²) < 4.78 is 16.4. The molecule has 0 bridgehead atoms. The Morgan fingerprint density at radius 1 is 1.21 bits per heavy atom. The van der Waals surface area contributed by atoms with Gasteiger partial charge < -0.3 is 15.7 Å². The molecule has 2 aliphatic rings. The number of fused-ring (bicyclic) bond motifs is 2. The summed E-state index contributed by atoms with van der Waals surface area (Å²) in [6.07, 6.45) is 6.37. The summed E-state index contributed by atoms with van der Waals surface area (Å²) in [4.78, 5) is 11.6. The van der Waals surface area contributed by atoms with Crippen molar-refractivity contribution >= 4 is 11.3 Å². The van der Waals surface area contributed by atoms with Crippen LogP contribution in [-0.2, 0) is 13.0 Å². The lowest BCUT2D eigenvalue weighted by Crippen LogP contribution is -2.44. The molecule has 4 aromatic rings. The standard InChI is InChI=1S/C26H27FN6O/c1-16-23(19-4-2-3-5-21(19)27)33-22(6-9-30-33)25(31-16)32-10-7-26(8-11-32)13-17-12-18(15-34)29-14-20(17)24(26)28/h2-6,9,12,14,24,34H,7-8,10-11,13,15,28H2,1H3/t24-/m1/s1. The lowest BCUT2D eigenvalue weighted by Gasteiger charge is -2.42. The van der Waals surface area contributed by atoms with Crippen LogP contribution in [0.5, 0.6) is 0 Å². The molecule has 1 fully saturated rings. The SMILES string of the molecule is Cc1nc(N2CCC3(CC2)Cc2cc(CO)ncc2[C@H]3N)c2ccnn2c1-c1ccccc1F. The van der Waals surface area contributed by atoms with E-state index in [2.05, 4.69) is 15.0 Å². The maximum atomic E-state index is 14.6. The van der Waals surface area contributed by atoms with E-state index in [1.54, 1.807) is 22.8 Å². The summed E-state index contributed by atoms with van der Waals surface area (Å²) in [7, 11) is 0. The molecule has 4 heterocycles. The first-order chi connectivity index (χ1) is 16.5. The number of anilines is 1. The molecule has 1 aliphatic heterocycles. The highest BCUT2D eigenvalue weighted by molar-refractivity contribution is 5.75. The van der Waals surface area contributed by atoms with Gasteiger partial charge in [-0.1, -0.05) is 12.1 Å². The van der Waals surface area contributed by atoms with Crippen LogP contribution in [-0.4, -0.2) is 37.8 Å². The van der Waals surface area contributed by atoms with Crippen LogP contribution in [0, 0.1) is 18.2 Å². The third kappa shape index (κ3) is 3.13. The number of rotatable bonds is 3. The van der Waals surface area contributed by atoms with E-state index in [1.807, 2.05) is 31.3 Å². The highest BCUT2D eigenvalue weighted by Gasteiger charge is 2.46. The number of piperidine rings is 1. The molecule has 0 amide bonds. The fourth-order valence-corrected chi connectivity index (χ4v) is 5.82. The molecular formula is C26H27FN6O. The highest BCUT2D eigenvalue weighted by atomic mass is 19.1. The number of aromatic nitrogens is 4. The van der Waals surface area contributed by atoms with Gasteiger partial charge in [-0.3, -0.25) is 4.98 Å². The molecule has 1 atom stereocenters. The van der Waals surface area contributed by atoms with Crippen LogP contribution < -0.4 is 10.6 Å². The van der Waals surface area contributed by atoms with E-state index in [0.29, 0.717) is 17.0 Å². The van der Waals surface area contributed by atoms with Crippen molar-refractivity contribution in [3.63, 3.8) is 0 Å². The molecule has 0 saturated carbocycles. The summed E-state index contributed by atoms with van der Waals surface area (Å²) in [5, 5.41) is 14.0. The van der Waals surface area contributed by atoms with Gasteiger partial charge in [-0.2, -0.15) is 5.10 Å². The second-order valence-electron chi connectivity index (χ2n) is 9.51. The Morgan fingerprint density at radius 3 is 2.76 bits per heavy atom. The van der Waals surface area contributed by atoms with Crippen molar-refractivity contribution in [3.8, 4) is 11.3 Å². The van der Waals surface area contributed by atoms with Crippen LogP contribution >= 0.6 is 0 Å². The molecular weight excluding hydrogens is 431 g/mol. The predicted molar refractivity (Wildman–Crippen MR) is 128 cm³/mol. The molecule has 8 heteroatoms. The Morgan fingerprint density at radius 2 is 2.00 bits per heavy atom. The fraction of sp³-hybridized carbons (Fsp3) is 0.346. The maximum absolute atomic E-state index is 14.6. The van der Waals surface area contributed by atoms with Gasteiger partial charge in [-0.15, -0.1) is 0 Å². The average molecular weight is 459 g/mol. The van der Waals surface area contributed by atoms with Gasteiger partial charge in [0.1, 0.15) is 11.3 Å². The lowest BCUT2D eigenvalue weighted by molar-refractivity contribution is 0.187. The normalized spacial score (nSPS) is 19.2. The average Bonchev–Trinajstić information content (AvgIpc) is 3.43.